The molecule has 0 fully saturated rings. The molecule has 2 aromatic carbocycles. The first-order chi connectivity index (χ1) is 10.1. The fourth-order valence-corrected chi connectivity index (χ4v) is 1.89. The number of ether oxygens (including phenoxy) is 1. The smallest absolute Gasteiger partial charge is 0.338 e. The third kappa shape index (κ3) is 2.69. The molecule has 0 atom stereocenters. The molecule has 3 rings (SSSR count). The number of hydrogen-bond acceptors (Lipinski definition) is 4. The maximum absolute atomic E-state index is 13.5. The highest BCUT2D eigenvalue weighted by Gasteiger charge is 2.11. The Morgan fingerprint density at radius 1 is 1.29 bits per heavy atom. The number of nitrogens with zero attached hydrogens (tertiary/aromatic N) is 1. The number of aromatic carboxylic acids is 1. The van der Waals surface area contributed by atoms with Crippen molar-refractivity contribution in [2.45, 2.75) is 6.61 Å². The molecule has 106 valence electrons. The van der Waals surface area contributed by atoms with Gasteiger partial charge in [0, 0.05) is 6.07 Å². The van der Waals surface area contributed by atoms with Gasteiger partial charge in [0.15, 0.2) is 12.2 Å². The molecule has 0 saturated heterocycles. The molecular formula is C15H10FNO4. The largest absolute Gasteiger partial charge is 0.484 e. The van der Waals surface area contributed by atoms with Crippen molar-refractivity contribution in [1.29, 1.82) is 0 Å². The van der Waals surface area contributed by atoms with E-state index in [9.17, 15) is 9.18 Å². The van der Waals surface area contributed by atoms with E-state index in [2.05, 4.69) is 4.98 Å². The van der Waals surface area contributed by atoms with E-state index in [0.29, 0.717) is 17.0 Å². The van der Waals surface area contributed by atoms with Crippen molar-refractivity contribution in [3.05, 3.63) is 59.7 Å². The highest BCUT2D eigenvalue weighted by Crippen LogP contribution is 2.19. The van der Waals surface area contributed by atoms with E-state index in [4.69, 9.17) is 14.3 Å². The summed E-state index contributed by atoms with van der Waals surface area (Å²) in [5.74, 6) is -1.60. The minimum absolute atomic E-state index is 0.0283. The number of aromatic nitrogens is 1. The predicted octanol–water partition coefficient (Wildman–Crippen LogP) is 3.24. The molecule has 0 unspecified atom stereocenters. The molecule has 0 bridgehead atoms. The number of hydrogen-bond donors (Lipinski definition) is 1. The van der Waals surface area contributed by atoms with E-state index >= 15 is 0 Å². The van der Waals surface area contributed by atoms with Gasteiger partial charge in [-0.1, -0.05) is 12.1 Å². The summed E-state index contributed by atoms with van der Waals surface area (Å²) in [6.07, 6.45) is 0. The molecule has 1 aromatic heterocycles. The zero-order valence-electron chi connectivity index (χ0n) is 10.7. The molecule has 0 radical (unpaired) electrons. The van der Waals surface area contributed by atoms with E-state index in [1.807, 2.05) is 18.2 Å². The first kappa shape index (κ1) is 13.1. The van der Waals surface area contributed by atoms with Crippen molar-refractivity contribution in [3.63, 3.8) is 0 Å². The summed E-state index contributed by atoms with van der Waals surface area (Å²) in [4.78, 5) is 14.9. The van der Waals surface area contributed by atoms with Gasteiger partial charge in [0.1, 0.15) is 17.1 Å². The Morgan fingerprint density at radius 3 is 2.81 bits per heavy atom. The van der Waals surface area contributed by atoms with Crippen molar-refractivity contribution in [3.8, 4) is 5.75 Å². The van der Waals surface area contributed by atoms with E-state index in [0.717, 1.165) is 12.1 Å². The van der Waals surface area contributed by atoms with Crippen LogP contribution in [0.15, 0.2) is 46.9 Å². The second-order valence-electron chi connectivity index (χ2n) is 4.31. The minimum atomic E-state index is -1.32. The van der Waals surface area contributed by atoms with Crippen molar-refractivity contribution in [1.82, 2.24) is 4.98 Å². The summed E-state index contributed by atoms with van der Waals surface area (Å²) in [5.41, 5.74) is 0.955. The van der Waals surface area contributed by atoms with E-state index in [1.165, 1.54) is 6.07 Å². The summed E-state index contributed by atoms with van der Waals surface area (Å²) in [6.45, 7) is 0.0283. The number of para-hydroxylation sites is 2. The number of fused-ring (bicyclic) bond motifs is 1. The lowest BCUT2D eigenvalue weighted by atomic mass is 10.2. The minimum Gasteiger partial charge on any atom is -0.484 e. The van der Waals surface area contributed by atoms with Gasteiger partial charge in [-0.15, -0.1) is 0 Å². The highest BCUT2D eigenvalue weighted by atomic mass is 19.1. The SMILES string of the molecule is O=C(O)c1ccc(OCc2nc3ccccc3o2)cc1F. The number of oxazole rings is 1. The van der Waals surface area contributed by atoms with Crippen LogP contribution in [0.4, 0.5) is 4.39 Å². The Morgan fingerprint density at radius 2 is 2.10 bits per heavy atom. The maximum atomic E-state index is 13.5. The van der Waals surface area contributed by atoms with Crippen LogP contribution in [-0.2, 0) is 6.61 Å². The molecule has 1 N–H and O–H groups in total. The van der Waals surface area contributed by atoms with Gasteiger partial charge in [0.05, 0.1) is 5.56 Å². The quantitative estimate of drug-likeness (QED) is 0.797. The van der Waals surface area contributed by atoms with Crippen molar-refractivity contribution in [2.75, 3.05) is 0 Å². The average Bonchev–Trinajstić information content (AvgIpc) is 2.87. The molecule has 0 aliphatic carbocycles. The Bertz CT molecular complexity index is 779. The predicted molar refractivity (Wildman–Crippen MR) is 71.7 cm³/mol. The Hall–Kier alpha value is -2.89. The molecule has 0 aliphatic heterocycles. The second-order valence-corrected chi connectivity index (χ2v) is 4.31. The normalized spacial score (nSPS) is 10.7. The van der Waals surface area contributed by atoms with Crippen LogP contribution in [-0.4, -0.2) is 16.1 Å². The summed E-state index contributed by atoms with van der Waals surface area (Å²) >= 11 is 0. The summed E-state index contributed by atoms with van der Waals surface area (Å²) in [7, 11) is 0. The Balaban J connectivity index is 1.75. The van der Waals surface area contributed by atoms with E-state index < -0.39 is 17.3 Å². The van der Waals surface area contributed by atoms with Crippen LogP contribution in [0.25, 0.3) is 11.1 Å². The van der Waals surface area contributed by atoms with Gasteiger partial charge >= 0.3 is 5.97 Å². The van der Waals surface area contributed by atoms with Crippen molar-refractivity contribution < 1.29 is 23.4 Å². The first-order valence-corrected chi connectivity index (χ1v) is 6.13. The standard InChI is InChI=1S/C15H10FNO4/c16-11-7-9(5-6-10(11)15(18)19)20-8-14-17-12-3-1-2-4-13(12)21-14/h1-7H,8H2,(H,18,19). The van der Waals surface area contributed by atoms with E-state index in [1.54, 1.807) is 6.07 Å². The topological polar surface area (TPSA) is 72.6 Å². The second kappa shape index (κ2) is 5.24. The van der Waals surface area contributed by atoms with Gasteiger partial charge in [-0.25, -0.2) is 14.2 Å². The van der Waals surface area contributed by atoms with Crippen LogP contribution < -0.4 is 4.74 Å². The molecule has 5 nitrogen and oxygen atoms in total. The average molecular weight is 287 g/mol. The van der Waals surface area contributed by atoms with Crippen LogP contribution in [0.3, 0.4) is 0 Å². The summed E-state index contributed by atoms with van der Waals surface area (Å²) < 4.78 is 24.3. The maximum Gasteiger partial charge on any atom is 0.338 e. The van der Waals surface area contributed by atoms with Gasteiger partial charge in [-0.05, 0) is 24.3 Å². The Kier molecular flexibility index (Phi) is 3.27. The molecule has 1 heterocycles. The van der Waals surface area contributed by atoms with Crippen LogP contribution >= 0.6 is 0 Å². The zero-order valence-corrected chi connectivity index (χ0v) is 10.7. The summed E-state index contributed by atoms with van der Waals surface area (Å²) in [6, 6.07) is 10.8. The number of halogens is 1. The van der Waals surface area contributed by atoms with Crippen molar-refractivity contribution >= 4 is 17.1 Å². The fraction of sp³-hybridized carbons (Fsp3) is 0.0667. The number of rotatable bonds is 4. The Labute approximate surface area is 118 Å². The molecule has 21 heavy (non-hydrogen) atoms. The molecule has 0 saturated carbocycles. The zero-order chi connectivity index (χ0) is 14.8. The monoisotopic (exact) mass is 287 g/mol. The highest BCUT2D eigenvalue weighted by molar-refractivity contribution is 5.88. The van der Waals surface area contributed by atoms with Gasteiger partial charge in [-0.2, -0.15) is 0 Å². The summed E-state index contributed by atoms with van der Waals surface area (Å²) in [5, 5.41) is 8.74. The number of carboxylic acids is 1. The molecule has 3 aromatic rings. The van der Waals surface area contributed by atoms with Gasteiger partial charge in [0.2, 0.25) is 5.89 Å². The molecule has 0 amide bonds. The van der Waals surface area contributed by atoms with Gasteiger partial charge in [-0.3, -0.25) is 0 Å². The first-order valence-electron chi connectivity index (χ1n) is 6.13. The lowest BCUT2D eigenvalue weighted by Gasteiger charge is -2.04. The van der Waals surface area contributed by atoms with Crippen molar-refractivity contribution in [2.24, 2.45) is 0 Å². The number of benzene rings is 2. The van der Waals surface area contributed by atoms with Crippen LogP contribution in [0.1, 0.15) is 16.2 Å². The lowest BCUT2D eigenvalue weighted by Crippen LogP contribution is -2.01. The van der Waals surface area contributed by atoms with E-state index in [-0.39, 0.29) is 12.4 Å². The van der Waals surface area contributed by atoms with Gasteiger partial charge < -0.3 is 14.3 Å². The molecule has 6 heteroatoms. The molecule has 0 aliphatic rings. The van der Waals surface area contributed by atoms with Crippen LogP contribution in [0.5, 0.6) is 5.75 Å². The third-order valence-electron chi connectivity index (χ3n) is 2.87. The number of carboxylic acid groups (broad SMARTS) is 1. The fourth-order valence-electron chi connectivity index (χ4n) is 1.89. The lowest BCUT2D eigenvalue weighted by molar-refractivity contribution is 0.0691. The van der Waals surface area contributed by atoms with Gasteiger partial charge in [0.25, 0.3) is 0 Å². The van der Waals surface area contributed by atoms with Crippen LogP contribution in [0.2, 0.25) is 0 Å². The molecule has 0 spiro atoms. The number of carbonyl (C=O) groups is 1. The molecular weight excluding hydrogens is 277 g/mol. The third-order valence-corrected chi connectivity index (χ3v) is 2.87. The van der Waals surface area contributed by atoms with Crippen LogP contribution in [0, 0.1) is 5.82 Å².